The number of hydrogen-bond donors (Lipinski definition) is 3. The van der Waals surface area contributed by atoms with Crippen LogP contribution in [-0.2, 0) is 13.6 Å². The van der Waals surface area contributed by atoms with Gasteiger partial charge < -0.3 is 16.0 Å². The molecular weight excluding hydrogens is 346 g/mol. The first kappa shape index (κ1) is 20.2. The topological polar surface area (TPSA) is 109 Å². The lowest BCUT2D eigenvalue weighted by atomic mass is 10.2. The van der Waals surface area contributed by atoms with Crippen LogP contribution in [0.15, 0.2) is 29.3 Å². The molecule has 0 saturated carbocycles. The SMILES string of the molecule is CCNC(=NCc1c(C)nn(C)c1C)NCCNc1ccccc1[N+](=O)[O-]. The fourth-order valence-electron chi connectivity index (χ4n) is 2.71. The maximum absolute atomic E-state index is 11.0. The Labute approximate surface area is 159 Å². The minimum atomic E-state index is -0.389. The summed E-state index contributed by atoms with van der Waals surface area (Å²) >= 11 is 0. The monoisotopic (exact) mass is 373 g/mol. The molecule has 0 atom stereocenters. The number of benzene rings is 1. The van der Waals surface area contributed by atoms with E-state index in [1.165, 1.54) is 6.07 Å². The van der Waals surface area contributed by atoms with E-state index in [9.17, 15) is 10.1 Å². The van der Waals surface area contributed by atoms with Gasteiger partial charge in [-0.1, -0.05) is 12.1 Å². The van der Waals surface area contributed by atoms with Crippen molar-refractivity contribution in [2.45, 2.75) is 27.3 Å². The number of aromatic nitrogens is 2. The van der Waals surface area contributed by atoms with Gasteiger partial charge in [0.25, 0.3) is 5.69 Å². The number of nitro groups is 1. The summed E-state index contributed by atoms with van der Waals surface area (Å²) in [7, 11) is 1.92. The molecule has 1 heterocycles. The molecule has 3 N–H and O–H groups in total. The normalized spacial score (nSPS) is 11.3. The summed E-state index contributed by atoms with van der Waals surface area (Å²) in [6, 6.07) is 6.61. The largest absolute Gasteiger partial charge is 0.378 e. The van der Waals surface area contributed by atoms with Crippen LogP contribution in [0, 0.1) is 24.0 Å². The zero-order valence-electron chi connectivity index (χ0n) is 16.2. The maximum Gasteiger partial charge on any atom is 0.292 e. The fraction of sp³-hybridized carbons (Fsp3) is 0.444. The second-order valence-electron chi connectivity index (χ2n) is 6.10. The van der Waals surface area contributed by atoms with Crippen LogP contribution in [-0.4, -0.2) is 40.3 Å². The van der Waals surface area contributed by atoms with E-state index >= 15 is 0 Å². The van der Waals surface area contributed by atoms with Gasteiger partial charge in [-0.3, -0.25) is 14.8 Å². The van der Waals surface area contributed by atoms with Crippen LogP contribution in [0.3, 0.4) is 0 Å². The Balaban J connectivity index is 1.92. The van der Waals surface area contributed by atoms with E-state index in [-0.39, 0.29) is 10.6 Å². The summed E-state index contributed by atoms with van der Waals surface area (Å²) in [5, 5.41) is 25.0. The molecule has 1 aromatic carbocycles. The summed E-state index contributed by atoms with van der Waals surface area (Å²) in [4.78, 5) is 15.3. The highest BCUT2D eigenvalue weighted by Crippen LogP contribution is 2.22. The molecule has 0 unspecified atom stereocenters. The molecular formula is C18H27N7O2. The summed E-state index contributed by atoms with van der Waals surface area (Å²) in [5.74, 6) is 0.699. The molecule has 0 spiro atoms. The van der Waals surface area contributed by atoms with Gasteiger partial charge >= 0.3 is 0 Å². The molecule has 2 rings (SSSR count). The quantitative estimate of drug-likeness (QED) is 0.215. The highest BCUT2D eigenvalue weighted by molar-refractivity contribution is 5.79. The van der Waals surface area contributed by atoms with E-state index in [1.807, 2.05) is 32.5 Å². The van der Waals surface area contributed by atoms with E-state index in [2.05, 4.69) is 26.0 Å². The Bertz CT molecular complexity index is 814. The Morgan fingerprint density at radius 2 is 2.00 bits per heavy atom. The average molecular weight is 373 g/mol. The third-order valence-electron chi connectivity index (χ3n) is 4.23. The summed E-state index contributed by atoms with van der Waals surface area (Å²) < 4.78 is 1.86. The lowest BCUT2D eigenvalue weighted by Gasteiger charge is -2.12. The van der Waals surface area contributed by atoms with Crippen molar-refractivity contribution < 1.29 is 4.92 Å². The minimum Gasteiger partial charge on any atom is -0.378 e. The summed E-state index contributed by atoms with van der Waals surface area (Å²) in [6.07, 6.45) is 0. The first-order valence-corrected chi connectivity index (χ1v) is 8.92. The number of aryl methyl sites for hydroxylation is 2. The molecule has 1 aromatic heterocycles. The third-order valence-corrected chi connectivity index (χ3v) is 4.23. The number of anilines is 1. The molecule has 0 radical (unpaired) electrons. The number of rotatable bonds is 8. The van der Waals surface area contributed by atoms with Crippen molar-refractivity contribution >= 4 is 17.3 Å². The second kappa shape index (κ2) is 9.56. The van der Waals surface area contributed by atoms with Crippen LogP contribution in [0.5, 0.6) is 0 Å². The van der Waals surface area contributed by atoms with Gasteiger partial charge in [0.05, 0.1) is 17.2 Å². The molecule has 0 saturated heterocycles. The summed E-state index contributed by atoms with van der Waals surface area (Å²) in [6.45, 7) is 8.40. The molecule has 0 amide bonds. The van der Waals surface area contributed by atoms with Crippen molar-refractivity contribution in [1.29, 1.82) is 0 Å². The zero-order valence-corrected chi connectivity index (χ0v) is 16.2. The highest BCUT2D eigenvalue weighted by atomic mass is 16.6. The maximum atomic E-state index is 11.0. The highest BCUT2D eigenvalue weighted by Gasteiger charge is 2.11. The standard InChI is InChI=1S/C18H27N7O2/c1-5-19-18(22-12-15-13(2)23-24(4)14(15)3)21-11-10-20-16-8-6-7-9-17(16)25(26)27/h6-9,20H,5,10-12H2,1-4H3,(H2,19,21,22). The molecule has 0 aliphatic rings. The third kappa shape index (κ3) is 5.44. The first-order chi connectivity index (χ1) is 12.9. The van der Waals surface area contributed by atoms with Gasteiger partial charge in [-0.2, -0.15) is 5.10 Å². The van der Waals surface area contributed by atoms with Gasteiger partial charge in [0.15, 0.2) is 5.96 Å². The Morgan fingerprint density at radius 3 is 2.63 bits per heavy atom. The summed E-state index contributed by atoms with van der Waals surface area (Å²) in [5.41, 5.74) is 3.78. The van der Waals surface area contributed by atoms with Crippen LogP contribution in [0.1, 0.15) is 23.9 Å². The van der Waals surface area contributed by atoms with E-state index < -0.39 is 0 Å². The van der Waals surface area contributed by atoms with Gasteiger partial charge in [0.1, 0.15) is 5.69 Å². The number of nitrogens with zero attached hydrogens (tertiary/aromatic N) is 4. The van der Waals surface area contributed by atoms with Crippen molar-refractivity contribution in [3.05, 3.63) is 51.3 Å². The van der Waals surface area contributed by atoms with Crippen molar-refractivity contribution in [2.24, 2.45) is 12.0 Å². The predicted molar refractivity (Wildman–Crippen MR) is 107 cm³/mol. The number of guanidine groups is 1. The van der Waals surface area contributed by atoms with Gasteiger partial charge in [-0.15, -0.1) is 0 Å². The smallest absolute Gasteiger partial charge is 0.292 e. The number of hydrogen-bond acceptors (Lipinski definition) is 5. The van der Waals surface area contributed by atoms with Gasteiger partial charge in [-0.25, -0.2) is 4.99 Å². The fourth-order valence-corrected chi connectivity index (χ4v) is 2.71. The molecule has 27 heavy (non-hydrogen) atoms. The Hall–Kier alpha value is -3.10. The number of nitro benzene ring substituents is 1. The van der Waals surface area contributed by atoms with Crippen molar-refractivity contribution in [1.82, 2.24) is 20.4 Å². The zero-order chi connectivity index (χ0) is 19.8. The van der Waals surface area contributed by atoms with E-state index in [1.54, 1.807) is 18.2 Å². The van der Waals surface area contributed by atoms with Crippen LogP contribution in [0.4, 0.5) is 11.4 Å². The van der Waals surface area contributed by atoms with Crippen LogP contribution >= 0.6 is 0 Å². The van der Waals surface area contributed by atoms with Gasteiger partial charge in [-0.05, 0) is 26.8 Å². The molecule has 146 valence electrons. The predicted octanol–water partition coefficient (Wildman–Crippen LogP) is 2.11. The number of aliphatic imine (C=N–C) groups is 1. The first-order valence-electron chi connectivity index (χ1n) is 8.92. The van der Waals surface area contributed by atoms with Crippen LogP contribution in [0.25, 0.3) is 0 Å². The van der Waals surface area contributed by atoms with E-state index in [0.29, 0.717) is 31.3 Å². The van der Waals surface area contributed by atoms with Gasteiger partial charge in [0, 0.05) is 44.0 Å². The lowest BCUT2D eigenvalue weighted by molar-refractivity contribution is -0.384. The van der Waals surface area contributed by atoms with Crippen molar-refractivity contribution in [3.8, 4) is 0 Å². The van der Waals surface area contributed by atoms with Crippen LogP contribution < -0.4 is 16.0 Å². The number of nitrogens with one attached hydrogen (secondary N) is 3. The lowest BCUT2D eigenvalue weighted by Crippen LogP contribution is -2.39. The average Bonchev–Trinajstić information content (AvgIpc) is 2.88. The van der Waals surface area contributed by atoms with Gasteiger partial charge in [0.2, 0.25) is 0 Å². The minimum absolute atomic E-state index is 0.0700. The molecule has 9 heteroatoms. The number of para-hydroxylation sites is 2. The van der Waals surface area contributed by atoms with Crippen molar-refractivity contribution in [2.75, 3.05) is 25.0 Å². The van der Waals surface area contributed by atoms with Crippen molar-refractivity contribution in [3.63, 3.8) is 0 Å². The molecule has 0 bridgehead atoms. The Kier molecular flexibility index (Phi) is 7.16. The molecule has 9 nitrogen and oxygen atoms in total. The second-order valence-corrected chi connectivity index (χ2v) is 6.10. The van der Waals surface area contributed by atoms with E-state index in [4.69, 9.17) is 0 Å². The molecule has 2 aromatic rings. The molecule has 0 aliphatic heterocycles. The molecule has 0 fully saturated rings. The Morgan fingerprint density at radius 1 is 1.26 bits per heavy atom. The van der Waals surface area contributed by atoms with Crippen LogP contribution in [0.2, 0.25) is 0 Å². The molecule has 0 aliphatic carbocycles. The van der Waals surface area contributed by atoms with E-state index in [0.717, 1.165) is 23.5 Å².